The molecule has 1 amide bonds. The molecule has 0 radical (unpaired) electrons. The zero-order valence-electron chi connectivity index (χ0n) is 18.2. The van der Waals surface area contributed by atoms with Crippen molar-refractivity contribution >= 4 is 5.91 Å². The summed E-state index contributed by atoms with van der Waals surface area (Å²) < 4.78 is 5.59. The van der Waals surface area contributed by atoms with Crippen molar-refractivity contribution in [3.8, 4) is 17.2 Å². The highest BCUT2D eigenvalue weighted by Crippen LogP contribution is 2.34. The van der Waals surface area contributed by atoms with Gasteiger partial charge in [0.05, 0.1) is 23.6 Å². The second-order valence-corrected chi connectivity index (χ2v) is 8.11. The summed E-state index contributed by atoms with van der Waals surface area (Å²) in [5.41, 5.74) is 5.04. The molecule has 5 rings (SSSR count). The summed E-state index contributed by atoms with van der Waals surface area (Å²) in [6, 6.07) is 7.34. The molecule has 4 aromatic rings. The summed E-state index contributed by atoms with van der Waals surface area (Å²) in [4.78, 5) is 25.9. The Balaban J connectivity index is 1.46. The summed E-state index contributed by atoms with van der Waals surface area (Å²) >= 11 is 0. The van der Waals surface area contributed by atoms with Crippen LogP contribution in [0, 0.1) is 20.8 Å². The molecule has 1 fully saturated rings. The number of rotatable bonds is 4. The Morgan fingerprint density at radius 3 is 2.69 bits per heavy atom. The molecule has 0 saturated carbocycles. The van der Waals surface area contributed by atoms with Crippen LogP contribution in [0.1, 0.15) is 51.8 Å². The lowest BCUT2D eigenvalue weighted by Crippen LogP contribution is -2.31. The van der Waals surface area contributed by atoms with Gasteiger partial charge in [0.2, 0.25) is 11.7 Å². The lowest BCUT2D eigenvalue weighted by molar-refractivity contribution is 0.0709. The SMILES string of the molecule is Cc1ccc(-n2nccn2)c(C(=O)N2CCCC2c2nc(-c3cc(C)c(C)cn3)no2)c1. The van der Waals surface area contributed by atoms with Gasteiger partial charge in [0.25, 0.3) is 5.91 Å². The van der Waals surface area contributed by atoms with E-state index >= 15 is 0 Å². The third-order valence-electron chi connectivity index (χ3n) is 5.86. The van der Waals surface area contributed by atoms with E-state index in [2.05, 4.69) is 25.3 Å². The number of likely N-dealkylation sites (tertiary alicyclic amines) is 1. The van der Waals surface area contributed by atoms with Crippen molar-refractivity contribution in [1.29, 1.82) is 0 Å². The van der Waals surface area contributed by atoms with Crippen molar-refractivity contribution in [1.82, 2.24) is 35.0 Å². The van der Waals surface area contributed by atoms with Gasteiger partial charge in [0.1, 0.15) is 11.7 Å². The highest BCUT2D eigenvalue weighted by Gasteiger charge is 2.36. The molecule has 1 aliphatic heterocycles. The second kappa shape index (κ2) is 7.99. The maximum absolute atomic E-state index is 13.6. The highest BCUT2D eigenvalue weighted by atomic mass is 16.5. The largest absolute Gasteiger partial charge is 0.337 e. The molecule has 162 valence electrons. The number of aromatic nitrogens is 6. The fraction of sp³-hybridized carbons (Fsp3) is 0.304. The zero-order valence-corrected chi connectivity index (χ0v) is 18.2. The first-order chi connectivity index (χ1) is 15.5. The van der Waals surface area contributed by atoms with Crippen LogP contribution in [0.25, 0.3) is 17.2 Å². The van der Waals surface area contributed by atoms with Gasteiger partial charge in [-0.25, -0.2) is 0 Å². The Labute approximate surface area is 185 Å². The number of pyridine rings is 1. The minimum Gasteiger partial charge on any atom is -0.337 e. The first-order valence-corrected chi connectivity index (χ1v) is 10.6. The van der Waals surface area contributed by atoms with Crippen molar-refractivity contribution in [3.05, 3.63) is 71.0 Å². The average Bonchev–Trinajstić information content (AvgIpc) is 3.55. The molecule has 9 nitrogen and oxygen atoms in total. The van der Waals surface area contributed by atoms with Gasteiger partial charge in [-0.05, 0) is 62.9 Å². The molecule has 0 bridgehead atoms. The van der Waals surface area contributed by atoms with Gasteiger partial charge in [-0.3, -0.25) is 9.78 Å². The Morgan fingerprint density at radius 1 is 1.09 bits per heavy atom. The third-order valence-corrected chi connectivity index (χ3v) is 5.86. The maximum Gasteiger partial charge on any atom is 0.256 e. The molecule has 1 atom stereocenters. The number of aryl methyl sites for hydroxylation is 3. The lowest BCUT2D eigenvalue weighted by atomic mass is 10.1. The highest BCUT2D eigenvalue weighted by molar-refractivity contribution is 5.98. The Bertz CT molecular complexity index is 1280. The molecule has 9 heteroatoms. The summed E-state index contributed by atoms with van der Waals surface area (Å²) in [7, 11) is 0. The molecule has 32 heavy (non-hydrogen) atoms. The van der Waals surface area contributed by atoms with Gasteiger partial charge in [-0.1, -0.05) is 16.8 Å². The van der Waals surface area contributed by atoms with Crippen molar-refractivity contribution in [2.75, 3.05) is 6.54 Å². The first kappa shape index (κ1) is 20.0. The average molecular weight is 429 g/mol. The normalized spacial score (nSPS) is 16.0. The molecule has 3 aromatic heterocycles. The molecule has 1 unspecified atom stereocenters. The van der Waals surface area contributed by atoms with E-state index in [0.29, 0.717) is 35.2 Å². The predicted molar refractivity (Wildman–Crippen MR) is 116 cm³/mol. The molecule has 4 heterocycles. The fourth-order valence-corrected chi connectivity index (χ4v) is 3.98. The number of carbonyl (C=O) groups is 1. The fourth-order valence-electron chi connectivity index (χ4n) is 3.98. The second-order valence-electron chi connectivity index (χ2n) is 8.11. The summed E-state index contributed by atoms with van der Waals surface area (Å²) in [6.45, 7) is 6.60. The Hall–Kier alpha value is -3.88. The van der Waals surface area contributed by atoms with Gasteiger partial charge in [-0.15, -0.1) is 0 Å². The predicted octanol–water partition coefficient (Wildman–Crippen LogP) is 3.61. The molecule has 0 N–H and O–H groups in total. The number of benzene rings is 1. The Morgan fingerprint density at radius 2 is 1.91 bits per heavy atom. The monoisotopic (exact) mass is 429 g/mol. The van der Waals surface area contributed by atoms with Crippen molar-refractivity contribution < 1.29 is 9.32 Å². The van der Waals surface area contributed by atoms with Gasteiger partial charge in [0.15, 0.2) is 0 Å². The van der Waals surface area contributed by atoms with E-state index < -0.39 is 0 Å². The topological polar surface area (TPSA) is 103 Å². The zero-order chi connectivity index (χ0) is 22.2. The molecular weight excluding hydrogens is 406 g/mol. The van der Waals surface area contributed by atoms with Crippen LogP contribution in [-0.2, 0) is 0 Å². The Kier molecular flexibility index (Phi) is 5.01. The molecule has 0 spiro atoms. The first-order valence-electron chi connectivity index (χ1n) is 10.6. The molecule has 1 aromatic carbocycles. The van der Waals surface area contributed by atoms with Crippen LogP contribution in [0.4, 0.5) is 0 Å². The van der Waals surface area contributed by atoms with E-state index in [4.69, 9.17) is 4.52 Å². The smallest absolute Gasteiger partial charge is 0.256 e. The van der Waals surface area contributed by atoms with Gasteiger partial charge in [0, 0.05) is 12.7 Å². The minimum atomic E-state index is -0.283. The van der Waals surface area contributed by atoms with Crippen LogP contribution in [0.2, 0.25) is 0 Å². The number of nitrogens with zero attached hydrogens (tertiary/aromatic N) is 7. The number of hydrogen-bond donors (Lipinski definition) is 0. The summed E-state index contributed by atoms with van der Waals surface area (Å²) in [5.74, 6) is 0.754. The van der Waals surface area contributed by atoms with Crippen LogP contribution in [0.3, 0.4) is 0 Å². The summed E-state index contributed by atoms with van der Waals surface area (Å²) in [5, 5.41) is 12.5. The van der Waals surface area contributed by atoms with Gasteiger partial charge >= 0.3 is 0 Å². The van der Waals surface area contributed by atoms with E-state index in [1.807, 2.05) is 45.0 Å². The number of hydrogen-bond acceptors (Lipinski definition) is 7. The summed E-state index contributed by atoms with van der Waals surface area (Å²) in [6.07, 6.45) is 6.60. The third kappa shape index (κ3) is 3.55. The van der Waals surface area contributed by atoms with Crippen LogP contribution in [-0.4, -0.2) is 47.5 Å². The van der Waals surface area contributed by atoms with Crippen molar-refractivity contribution in [3.63, 3.8) is 0 Å². The van der Waals surface area contributed by atoms with E-state index in [0.717, 1.165) is 29.5 Å². The molecule has 0 aliphatic carbocycles. The standard InChI is InChI=1S/C23H23N7O2/c1-14-6-7-19(30-25-8-9-26-30)17(11-14)23(31)29-10-4-5-20(29)22-27-21(28-32-22)18-12-15(2)16(3)13-24-18/h6-9,11-13,20H,4-5,10H2,1-3H3. The van der Waals surface area contributed by atoms with Gasteiger partial charge in [-0.2, -0.15) is 20.0 Å². The van der Waals surface area contributed by atoms with Crippen LogP contribution in [0.15, 0.2) is 47.4 Å². The van der Waals surface area contributed by atoms with Crippen LogP contribution < -0.4 is 0 Å². The van der Waals surface area contributed by atoms with Crippen LogP contribution >= 0.6 is 0 Å². The van der Waals surface area contributed by atoms with E-state index in [-0.39, 0.29) is 11.9 Å². The van der Waals surface area contributed by atoms with E-state index in [1.54, 1.807) is 23.5 Å². The maximum atomic E-state index is 13.6. The number of carbonyl (C=O) groups excluding carboxylic acids is 1. The van der Waals surface area contributed by atoms with E-state index in [1.165, 1.54) is 4.80 Å². The van der Waals surface area contributed by atoms with Crippen LogP contribution in [0.5, 0.6) is 0 Å². The minimum absolute atomic E-state index is 0.104. The van der Waals surface area contributed by atoms with Crippen molar-refractivity contribution in [2.45, 2.75) is 39.7 Å². The quantitative estimate of drug-likeness (QED) is 0.488. The molecular formula is C23H23N7O2. The van der Waals surface area contributed by atoms with Gasteiger partial charge < -0.3 is 9.42 Å². The lowest BCUT2D eigenvalue weighted by Gasteiger charge is -2.23. The molecule has 1 saturated heterocycles. The number of amides is 1. The van der Waals surface area contributed by atoms with Crippen molar-refractivity contribution in [2.24, 2.45) is 0 Å². The molecule has 1 aliphatic rings. The van der Waals surface area contributed by atoms with E-state index in [9.17, 15) is 4.79 Å².